The Labute approximate surface area is 228 Å². The summed E-state index contributed by atoms with van der Waals surface area (Å²) in [4.78, 5) is 24.6. The topological polar surface area (TPSA) is 65.1 Å². The Hall–Kier alpha value is -1.88. The second-order valence-electron chi connectivity index (χ2n) is 14.0. The van der Waals surface area contributed by atoms with Crippen LogP contribution in [0.5, 0.6) is 0 Å². The fourth-order valence-electron chi connectivity index (χ4n) is 10.3. The molecule has 4 aliphatic carbocycles. The molecule has 1 saturated heterocycles. The first-order valence-electron chi connectivity index (χ1n) is 15.1. The number of methoxy groups -OCH3 is 1. The normalized spacial score (nSPS) is 43.6. The predicted molar refractivity (Wildman–Crippen MR) is 146 cm³/mol. The van der Waals surface area contributed by atoms with E-state index in [1.54, 1.807) is 0 Å². The molecule has 5 nitrogen and oxygen atoms in total. The molecule has 4 saturated carbocycles. The van der Waals surface area contributed by atoms with Crippen molar-refractivity contribution in [2.45, 2.75) is 110 Å². The molecule has 1 heterocycles. The zero-order chi connectivity index (χ0) is 26.9. The fraction of sp³-hybridized carbons (Fsp3) is 0.758. The van der Waals surface area contributed by atoms with Gasteiger partial charge in [0.25, 0.3) is 0 Å². The summed E-state index contributed by atoms with van der Waals surface area (Å²) in [5.74, 6) is 2.81. The van der Waals surface area contributed by atoms with Gasteiger partial charge in [-0.05, 0) is 112 Å². The summed E-state index contributed by atoms with van der Waals surface area (Å²) in [6.45, 7) is 9.45. The number of benzene rings is 1. The number of rotatable bonds is 6. The van der Waals surface area contributed by atoms with Crippen molar-refractivity contribution in [3.63, 3.8) is 0 Å². The molecule has 0 N–H and O–H groups in total. The molecule has 5 fully saturated rings. The summed E-state index contributed by atoms with van der Waals surface area (Å²) >= 11 is 0. The maximum atomic E-state index is 12.8. The van der Waals surface area contributed by atoms with Gasteiger partial charge in [-0.25, -0.2) is 4.79 Å². The van der Waals surface area contributed by atoms with Crippen molar-refractivity contribution in [1.29, 1.82) is 0 Å². The van der Waals surface area contributed by atoms with Gasteiger partial charge in [0.05, 0.1) is 18.8 Å². The number of ether oxygens (including phenoxy) is 3. The molecule has 38 heavy (non-hydrogen) atoms. The van der Waals surface area contributed by atoms with Crippen molar-refractivity contribution in [3.05, 3.63) is 35.4 Å². The summed E-state index contributed by atoms with van der Waals surface area (Å²) in [6, 6.07) is 7.71. The highest BCUT2D eigenvalue weighted by molar-refractivity contribution is 5.89. The molecular formula is C33H46O5. The maximum Gasteiger partial charge on any atom is 0.338 e. The van der Waals surface area contributed by atoms with Crippen LogP contribution in [0, 0.1) is 47.3 Å². The lowest BCUT2D eigenvalue weighted by molar-refractivity contribution is -0.141. The molecule has 0 bridgehead atoms. The van der Waals surface area contributed by atoms with E-state index in [9.17, 15) is 9.59 Å². The van der Waals surface area contributed by atoms with Gasteiger partial charge in [-0.2, -0.15) is 0 Å². The van der Waals surface area contributed by atoms with Gasteiger partial charge >= 0.3 is 11.9 Å². The van der Waals surface area contributed by atoms with Crippen LogP contribution in [0.1, 0.15) is 101 Å². The lowest BCUT2D eigenvalue weighted by Crippen LogP contribution is -2.60. The van der Waals surface area contributed by atoms with Crippen LogP contribution in [0.2, 0.25) is 0 Å². The van der Waals surface area contributed by atoms with Crippen molar-refractivity contribution in [1.82, 2.24) is 0 Å². The van der Waals surface area contributed by atoms with Crippen LogP contribution in [-0.4, -0.2) is 36.9 Å². The average Bonchev–Trinajstić information content (AvgIpc) is 3.52. The van der Waals surface area contributed by atoms with Gasteiger partial charge in [0.15, 0.2) is 0 Å². The lowest BCUT2D eigenvalue weighted by Gasteiger charge is -2.59. The van der Waals surface area contributed by atoms with Gasteiger partial charge in [-0.1, -0.05) is 38.5 Å². The molecule has 10 atom stereocenters. The van der Waals surface area contributed by atoms with Gasteiger partial charge in [0.2, 0.25) is 0 Å². The number of aryl methyl sites for hydroxylation is 1. The molecule has 1 aliphatic heterocycles. The van der Waals surface area contributed by atoms with Crippen molar-refractivity contribution in [2.24, 2.45) is 40.4 Å². The van der Waals surface area contributed by atoms with Gasteiger partial charge in [0, 0.05) is 11.8 Å². The van der Waals surface area contributed by atoms with Crippen LogP contribution in [-0.2, 0) is 19.0 Å². The first kappa shape index (κ1) is 26.3. The lowest BCUT2D eigenvalue weighted by atomic mass is 9.44. The molecule has 1 spiro atoms. The molecule has 6 rings (SSSR count). The van der Waals surface area contributed by atoms with E-state index < -0.39 is 0 Å². The van der Waals surface area contributed by atoms with E-state index in [2.05, 4.69) is 20.8 Å². The summed E-state index contributed by atoms with van der Waals surface area (Å²) in [5.41, 5.74) is 2.30. The van der Waals surface area contributed by atoms with Crippen molar-refractivity contribution >= 4 is 11.9 Å². The number of hydrogen-bond acceptors (Lipinski definition) is 5. The Balaban J connectivity index is 1.14. The fourth-order valence-corrected chi connectivity index (χ4v) is 10.3. The minimum Gasteiger partial charge on any atom is -0.469 e. The second kappa shape index (κ2) is 9.35. The Morgan fingerprint density at radius 2 is 1.79 bits per heavy atom. The number of fused-ring (bicyclic) bond motifs is 3. The van der Waals surface area contributed by atoms with E-state index in [1.165, 1.54) is 32.8 Å². The van der Waals surface area contributed by atoms with Crippen molar-refractivity contribution < 1.29 is 23.8 Å². The number of carbonyl (C=O) groups is 2. The molecule has 208 valence electrons. The van der Waals surface area contributed by atoms with E-state index in [1.807, 2.05) is 31.2 Å². The highest BCUT2D eigenvalue weighted by atomic mass is 16.6. The van der Waals surface area contributed by atoms with Crippen molar-refractivity contribution in [3.8, 4) is 0 Å². The van der Waals surface area contributed by atoms with Crippen molar-refractivity contribution in [2.75, 3.05) is 7.11 Å². The van der Waals surface area contributed by atoms with E-state index in [-0.39, 0.29) is 29.1 Å². The molecular weight excluding hydrogens is 476 g/mol. The predicted octanol–water partition coefficient (Wildman–Crippen LogP) is 6.90. The van der Waals surface area contributed by atoms with E-state index >= 15 is 0 Å². The summed E-state index contributed by atoms with van der Waals surface area (Å²) in [7, 11) is 1.49. The summed E-state index contributed by atoms with van der Waals surface area (Å²) < 4.78 is 17.9. The van der Waals surface area contributed by atoms with E-state index in [4.69, 9.17) is 14.2 Å². The highest BCUT2D eigenvalue weighted by Crippen LogP contribution is 2.77. The quantitative estimate of drug-likeness (QED) is 0.300. The zero-order valence-corrected chi connectivity index (χ0v) is 24.0. The molecule has 1 aromatic rings. The van der Waals surface area contributed by atoms with Crippen LogP contribution < -0.4 is 0 Å². The average molecular weight is 523 g/mol. The van der Waals surface area contributed by atoms with E-state index in [0.717, 1.165) is 37.7 Å². The summed E-state index contributed by atoms with van der Waals surface area (Å²) in [6.07, 6.45) is 11.0. The molecule has 5 heteroatoms. The monoisotopic (exact) mass is 522 g/mol. The zero-order valence-electron chi connectivity index (χ0n) is 24.0. The molecule has 0 aromatic heterocycles. The van der Waals surface area contributed by atoms with E-state index in [0.29, 0.717) is 53.1 Å². The SMILES string of the molecule is COC(=O)CC[C@@H](C)C1CC[C@@H]2[C@H]3CC[C@H]4C[C@@H](OC(=O)c5ccc(C)cc5)CC[C@@]4(C)C34OC4C[C@@]12C. The number of hydrogen-bond donors (Lipinski definition) is 0. The van der Waals surface area contributed by atoms with Gasteiger partial charge in [-0.15, -0.1) is 0 Å². The van der Waals surface area contributed by atoms with Gasteiger partial charge < -0.3 is 14.2 Å². The third kappa shape index (κ3) is 3.89. The minimum atomic E-state index is -0.183. The minimum absolute atomic E-state index is 0.00686. The number of esters is 2. The largest absolute Gasteiger partial charge is 0.469 e. The molecule has 3 unspecified atom stereocenters. The summed E-state index contributed by atoms with van der Waals surface area (Å²) in [5, 5.41) is 0. The first-order valence-corrected chi connectivity index (χ1v) is 15.1. The van der Waals surface area contributed by atoms with Gasteiger partial charge in [0.1, 0.15) is 11.7 Å². The Bertz CT molecular complexity index is 1080. The molecule has 1 aromatic carbocycles. The Kier molecular flexibility index (Phi) is 6.48. The molecule has 0 radical (unpaired) electrons. The number of epoxide rings is 1. The van der Waals surface area contributed by atoms with Crippen LogP contribution in [0.3, 0.4) is 0 Å². The second-order valence-corrected chi connectivity index (χ2v) is 14.0. The third-order valence-corrected chi connectivity index (χ3v) is 12.3. The molecule has 0 amide bonds. The third-order valence-electron chi connectivity index (χ3n) is 12.3. The molecule has 5 aliphatic rings. The van der Waals surface area contributed by atoms with Gasteiger partial charge in [-0.3, -0.25) is 4.79 Å². The maximum absolute atomic E-state index is 12.8. The number of carbonyl (C=O) groups excluding carboxylic acids is 2. The highest BCUT2D eigenvalue weighted by Gasteiger charge is 2.79. The van der Waals surface area contributed by atoms with Crippen LogP contribution >= 0.6 is 0 Å². The van der Waals surface area contributed by atoms with Crippen LogP contribution in [0.15, 0.2) is 24.3 Å². The Morgan fingerprint density at radius 1 is 1.05 bits per heavy atom. The smallest absolute Gasteiger partial charge is 0.338 e. The van der Waals surface area contributed by atoms with Crippen LogP contribution in [0.4, 0.5) is 0 Å². The first-order chi connectivity index (χ1) is 18.1. The standard InChI is InChI=1S/C33H46O5/c1-20-6-9-22(10-7-20)30(35)37-24-16-17-32(4)23(18-24)11-12-27-26-14-13-25(21(2)8-15-29(34)36-5)31(26,3)19-28-33(27,32)38-28/h6-7,9-10,21,23-28H,8,11-19H2,1-5H3/t21-,23+,24+,25?,26-,27-,28?,31+,32-,33?/m1/s1. The Morgan fingerprint density at radius 3 is 2.53 bits per heavy atom. The van der Waals surface area contributed by atoms with Crippen LogP contribution in [0.25, 0.3) is 0 Å².